The maximum Gasteiger partial charge on any atom is 0.419 e. The van der Waals surface area contributed by atoms with E-state index >= 15 is 0 Å². The number of halogens is 5. The number of alkyl halides is 3. The van der Waals surface area contributed by atoms with Crippen LogP contribution in [0.3, 0.4) is 0 Å². The Morgan fingerprint density at radius 3 is 2.38 bits per heavy atom. The normalized spacial score (nSPS) is 15.8. The minimum absolute atomic E-state index is 0.0823. The van der Waals surface area contributed by atoms with Crippen LogP contribution < -0.4 is 5.32 Å². The fourth-order valence-corrected chi connectivity index (χ4v) is 3.83. The van der Waals surface area contributed by atoms with E-state index in [1.807, 2.05) is 18.2 Å². The van der Waals surface area contributed by atoms with Gasteiger partial charge in [-0.3, -0.25) is 9.78 Å². The minimum Gasteiger partial charge on any atom is -0.340 e. The molecule has 1 atom stereocenters. The summed E-state index contributed by atoms with van der Waals surface area (Å²) in [6.45, 7) is 0. The molecule has 0 saturated heterocycles. The van der Waals surface area contributed by atoms with Gasteiger partial charge in [0.15, 0.2) is 0 Å². The van der Waals surface area contributed by atoms with Crippen LogP contribution in [0.4, 0.5) is 17.6 Å². The molecule has 1 aromatic heterocycles. The first kappa shape index (κ1) is 22.3. The molecule has 8 heteroatoms. The third-order valence-corrected chi connectivity index (χ3v) is 5.75. The molecule has 0 spiro atoms. The van der Waals surface area contributed by atoms with Crippen molar-refractivity contribution in [2.45, 2.75) is 31.0 Å². The highest BCUT2D eigenvalue weighted by Crippen LogP contribution is 2.39. The van der Waals surface area contributed by atoms with Gasteiger partial charge in [-0.15, -0.1) is 0 Å². The molecule has 1 N–H and O–H groups in total. The fraction of sp³-hybridized carbons (Fsp3) is 0.250. The summed E-state index contributed by atoms with van der Waals surface area (Å²) in [7, 11) is 0. The van der Waals surface area contributed by atoms with Crippen molar-refractivity contribution in [2.24, 2.45) is 5.92 Å². The molecule has 0 aliphatic heterocycles. The van der Waals surface area contributed by atoms with Crippen LogP contribution in [0, 0.1) is 11.7 Å². The van der Waals surface area contributed by atoms with Crippen LogP contribution in [-0.2, 0) is 22.9 Å². The molecule has 32 heavy (non-hydrogen) atoms. The zero-order chi connectivity index (χ0) is 22.9. The number of hydrogen-bond acceptors (Lipinski definition) is 2. The van der Waals surface area contributed by atoms with Crippen molar-refractivity contribution in [1.29, 1.82) is 0 Å². The minimum atomic E-state index is -4.90. The first-order valence-electron chi connectivity index (χ1n) is 10.0. The number of nitrogens with zero attached hydrogens (tertiary/aromatic N) is 1. The van der Waals surface area contributed by atoms with Crippen molar-refractivity contribution in [2.75, 3.05) is 0 Å². The number of carbonyl (C=O) groups is 1. The second kappa shape index (κ2) is 8.54. The van der Waals surface area contributed by atoms with E-state index < -0.39 is 23.1 Å². The topological polar surface area (TPSA) is 42.0 Å². The Morgan fingerprint density at radius 2 is 1.78 bits per heavy atom. The second-order valence-electron chi connectivity index (χ2n) is 7.89. The Balaban J connectivity index is 1.94. The summed E-state index contributed by atoms with van der Waals surface area (Å²) in [5.74, 6) is -1.87. The van der Waals surface area contributed by atoms with E-state index in [2.05, 4.69) is 10.3 Å². The summed E-state index contributed by atoms with van der Waals surface area (Å²) >= 11 is 5.99. The van der Waals surface area contributed by atoms with Crippen LogP contribution in [-0.4, -0.2) is 10.9 Å². The molecule has 1 saturated carbocycles. The van der Waals surface area contributed by atoms with Crippen LogP contribution in [0.2, 0.25) is 5.02 Å². The van der Waals surface area contributed by atoms with Crippen molar-refractivity contribution in [3.8, 4) is 0 Å². The lowest BCUT2D eigenvalue weighted by Gasteiger charge is -2.36. The van der Waals surface area contributed by atoms with Crippen molar-refractivity contribution >= 4 is 17.5 Å². The number of amides is 1. The van der Waals surface area contributed by atoms with Gasteiger partial charge in [-0.05, 0) is 48.2 Å². The molecule has 4 rings (SSSR count). The summed E-state index contributed by atoms with van der Waals surface area (Å²) in [5.41, 5.74) is -1.71. The predicted octanol–water partition coefficient (Wildman–Crippen LogP) is 5.91. The summed E-state index contributed by atoms with van der Waals surface area (Å²) in [6.07, 6.45) is -2.00. The number of pyridine rings is 1. The average Bonchev–Trinajstić information content (AvgIpc) is 3.59. The molecule has 1 aliphatic carbocycles. The maximum atomic E-state index is 14.1. The van der Waals surface area contributed by atoms with Gasteiger partial charge in [-0.2, -0.15) is 13.2 Å². The van der Waals surface area contributed by atoms with E-state index in [1.165, 1.54) is 12.3 Å². The van der Waals surface area contributed by atoms with E-state index in [4.69, 9.17) is 11.6 Å². The smallest absolute Gasteiger partial charge is 0.340 e. The lowest BCUT2D eigenvalue weighted by molar-refractivity contribution is -0.140. The molecule has 3 aromatic rings. The zero-order valence-electron chi connectivity index (χ0n) is 16.8. The van der Waals surface area contributed by atoms with Crippen LogP contribution in [0.15, 0.2) is 66.9 Å². The van der Waals surface area contributed by atoms with Crippen molar-refractivity contribution < 1.29 is 22.4 Å². The molecular weight excluding hydrogens is 444 g/mol. The fourth-order valence-electron chi connectivity index (χ4n) is 3.72. The molecule has 2 aromatic carbocycles. The first-order chi connectivity index (χ1) is 15.2. The summed E-state index contributed by atoms with van der Waals surface area (Å²) < 4.78 is 54.7. The molecule has 1 aliphatic rings. The van der Waals surface area contributed by atoms with E-state index in [0.29, 0.717) is 23.6 Å². The summed E-state index contributed by atoms with van der Waals surface area (Å²) in [5, 5.41) is 3.30. The Bertz CT molecular complexity index is 1120. The summed E-state index contributed by atoms with van der Waals surface area (Å²) in [6, 6.07) is 14.9. The van der Waals surface area contributed by atoms with Gasteiger partial charge >= 0.3 is 6.18 Å². The Kier molecular flexibility index (Phi) is 5.95. The lowest BCUT2D eigenvalue weighted by Crippen LogP contribution is -2.50. The van der Waals surface area contributed by atoms with Crippen LogP contribution >= 0.6 is 11.6 Å². The van der Waals surface area contributed by atoms with E-state index in [9.17, 15) is 22.4 Å². The molecule has 0 bridgehead atoms. The van der Waals surface area contributed by atoms with Gasteiger partial charge in [0.1, 0.15) is 11.4 Å². The van der Waals surface area contributed by atoms with Gasteiger partial charge in [-0.25, -0.2) is 4.39 Å². The van der Waals surface area contributed by atoms with Gasteiger partial charge in [0.05, 0.1) is 16.3 Å². The van der Waals surface area contributed by atoms with E-state index in [0.717, 1.165) is 17.7 Å². The Morgan fingerprint density at radius 1 is 1.06 bits per heavy atom. The second-order valence-corrected chi connectivity index (χ2v) is 8.32. The number of rotatable bonds is 6. The molecule has 0 radical (unpaired) electrons. The van der Waals surface area contributed by atoms with Gasteiger partial charge in [-0.1, -0.05) is 48.0 Å². The van der Waals surface area contributed by atoms with Crippen molar-refractivity contribution in [1.82, 2.24) is 10.3 Å². The lowest BCUT2D eigenvalue weighted by atomic mass is 9.79. The Labute approximate surface area is 187 Å². The highest BCUT2D eigenvalue weighted by Gasteiger charge is 2.43. The molecular formula is C24H19ClF4N2O. The predicted molar refractivity (Wildman–Crippen MR) is 112 cm³/mol. The monoisotopic (exact) mass is 462 g/mol. The standard InChI is InChI=1S/C24H19ClF4N2O/c25-18-9-11-21(30-14-18)23(31-22(32)16-6-7-16,13-15-4-2-1-3-5-15)17-8-10-20(26)19(12-17)24(27,28)29/h1-5,8-12,14,16H,6-7,13H2,(H,31,32). The Hall–Kier alpha value is -2.93. The van der Waals surface area contributed by atoms with Gasteiger partial charge < -0.3 is 5.32 Å². The van der Waals surface area contributed by atoms with Gasteiger partial charge in [0.2, 0.25) is 5.91 Å². The van der Waals surface area contributed by atoms with Crippen LogP contribution in [0.1, 0.15) is 35.2 Å². The highest BCUT2D eigenvalue weighted by molar-refractivity contribution is 6.30. The number of aromatic nitrogens is 1. The molecule has 3 nitrogen and oxygen atoms in total. The highest BCUT2D eigenvalue weighted by atomic mass is 35.5. The zero-order valence-corrected chi connectivity index (χ0v) is 17.6. The molecule has 1 heterocycles. The third-order valence-electron chi connectivity index (χ3n) is 5.53. The van der Waals surface area contributed by atoms with Crippen molar-refractivity contribution in [3.63, 3.8) is 0 Å². The van der Waals surface area contributed by atoms with Gasteiger partial charge in [0, 0.05) is 18.5 Å². The number of nitrogens with one attached hydrogen (secondary N) is 1. The first-order valence-corrected chi connectivity index (χ1v) is 10.4. The summed E-state index contributed by atoms with van der Waals surface area (Å²) in [4.78, 5) is 17.3. The molecule has 1 fully saturated rings. The number of hydrogen-bond donors (Lipinski definition) is 1. The number of carbonyl (C=O) groups excluding carboxylic acids is 1. The van der Waals surface area contributed by atoms with E-state index in [1.54, 1.807) is 24.3 Å². The quantitative estimate of drug-likeness (QED) is 0.463. The molecule has 1 amide bonds. The van der Waals surface area contributed by atoms with Crippen LogP contribution in [0.25, 0.3) is 0 Å². The van der Waals surface area contributed by atoms with Gasteiger partial charge in [0.25, 0.3) is 0 Å². The molecule has 166 valence electrons. The maximum absolute atomic E-state index is 14.1. The van der Waals surface area contributed by atoms with Crippen molar-refractivity contribution in [3.05, 3.63) is 100 Å². The van der Waals surface area contributed by atoms with Crippen LogP contribution in [0.5, 0.6) is 0 Å². The SMILES string of the molecule is O=C(NC(Cc1ccccc1)(c1ccc(F)c(C(F)(F)F)c1)c1ccc(Cl)cn1)C1CC1. The largest absolute Gasteiger partial charge is 0.419 e. The number of benzene rings is 2. The molecule has 1 unspecified atom stereocenters. The van der Waals surface area contributed by atoms with E-state index in [-0.39, 0.29) is 23.8 Å². The third kappa shape index (κ3) is 4.63. The average molecular weight is 463 g/mol.